The molecule has 11 heavy (non-hydrogen) atoms. The van der Waals surface area contributed by atoms with Crippen LogP contribution >= 0.6 is 0 Å². The number of hydrogen-bond acceptors (Lipinski definition) is 5. The van der Waals surface area contributed by atoms with Crippen molar-refractivity contribution in [2.24, 2.45) is 0 Å². The zero-order chi connectivity index (χ0) is 7.84. The molecule has 0 atom stereocenters. The van der Waals surface area contributed by atoms with E-state index in [1.807, 2.05) is 0 Å². The molecule has 1 aliphatic heterocycles. The Morgan fingerprint density at radius 2 is 2.55 bits per heavy atom. The van der Waals surface area contributed by atoms with Crippen LogP contribution in [0.3, 0.4) is 0 Å². The van der Waals surface area contributed by atoms with E-state index in [-0.39, 0.29) is 5.95 Å². The second-order valence-electron chi connectivity index (χ2n) is 2.14. The van der Waals surface area contributed by atoms with Crippen LogP contribution in [-0.2, 0) is 6.54 Å². The molecule has 0 aromatic carbocycles. The Hall–Kier alpha value is -1.66. The summed E-state index contributed by atoms with van der Waals surface area (Å²) in [7, 11) is 0. The second kappa shape index (κ2) is 1.91. The molecule has 1 N–H and O–H groups in total. The van der Waals surface area contributed by atoms with E-state index in [2.05, 4.69) is 15.4 Å². The van der Waals surface area contributed by atoms with Crippen molar-refractivity contribution in [1.82, 2.24) is 14.8 Å². The van der Waals surface area contributed by atoms with Gasteiger partial charge >= 0.3 is 11.9 Å². The van der Waals surface area contributed by atoms with Crippen molar-refractivity contribution in [3.05, 3.63) is 10.1 Å². The minimum absolute atomic E-state index is 0.341. The fourth-order valence-corrected chi connectivity index (χ4v) is 0.968. The molecule has 0 radical (unpaired) electrons. The summed E-state index contributed by atoms with van der Waals surface area (Å²) in [6, 6.07) is 0. The van der Waals surface area contributed by atoms with Gasteiger partial charge in [-0.1, -0.05) is 0 Å². The summed E-state index contributed by atoms with van der Waals surface area (Å²) in [6.07, 6.45) is 0. The summed E-state index contributed by atoms with van der Waals surface area (Å²) in [6.45, 7) is 1.39. The largest absolute Gasteiger partial charge is 0.493 e. The van der Waals surface area contributed by atoms with Gasteiger partial charge in [-0.05, 0) is 9.91 Å². The Morgan fingerprint density at radius 3 is 3.18 bits per heavy atom. The lowest BCUT2D eigenvalue weighted by atomic mass is 10.7. The van der Waals surface area contributed by atoms with Gasteiger partial charge in [0.1, 0.15) is 0 Å². The number of nitrogens with one attached hydrogen (secondary N) is 1. The van der Waals surface area contributed by atoms with Crippen LogP contribution in [-0.4, -0.2) is 26.2 Å². The average Bonchev–Trinajstić information content (AvgIpc) is 2.40. The molecule has 0 saturated carbocycles. The number of aromatic nitrogens is 3. The molecule has 58 valence electrons. The van der Waals surface area contributed by atoms with Crippen LogP contribution in [0.25, 0.3) is 0 Å². The summed E-state index contributed by atoms with van der Waals surface area (Å²) in [5, 5.41) is 16.6. The molecule has 1 aromatic rings. The van der Waals surface area contributed by atoms with Gasteiger partial charge in [0.2, 0.25) is 0 Å². The van der Waals surface area contributed by atoms with Crippen molar-refractivity contribution in [2.75, 3.05) is 11.9 Å². The predicted molar refractivity (Wildman–Crippen MR) is 35.2 cm³/mol. The first-order valence-corrected chi connectivity index (χ1v) is 3.10. The maximum Gasteiger partial charge on any atom is 0.493 e. The Labute approximate surface area is 61.2 Å². The predicted octanol–water partition coefficient (Wildman–Crippen LogP) is -0.388. The molecule has 2 rings (SSSR count). The number of hydrogen-bond donors (Lipinski definition) is 1. The zero-order valence-corrected chi connectivity index (χ0v) is 5.52. The molecule has 0 aliphatic carbocycles. The molecule has 0 saturated heterocycles. The van der Waals surface area contributed by atoms with Crippen molar-refractivity contribution in [1.29, 1.82) is 0 Å². The van der Waals surface area contributed by atoms with E-state index in [1.165, 1.54) is 4.68 Å². The van der Waals surface area contributed by atoms with Crippen LogP contribution in [0.1, 0.15) is 0 Å². The van der Waals surface area contributed by atoms with Gasteiger partial charge in [-0.2, -0.15) is 0 Å². The SMILES string of the molecule is O=[N+]([O-])c1nc2n(n1)CCN2. The summed E-state index contributed by atoms with van der Waals surface area (Å²) in [5.74, 6) is 0.143. The third-order valence-corrected chi connectivity index (χ3v) is 1.43. The van der Waals surface area contributed by atoms with Crippen molar-refractivity contribution in [2.45, 2.75) is 6.54 Å². The maximum absolute atomic E-state index is 10.1. The van der Waals surface area contributed by atoms with Crippen molar-refractivity contribution in [3.63, 3.8) is 0 Å². The smallest absolute Gasteiger partial charge is 0.390 e. The molecule has 1 aromatic heterocycles. The van der Waals surface area contributed by atoms with Gasteiger partial charge in [0.05, 0.1) is 6.54 Å². The molecule has 0 fully saturated rings. The third-order valence-electron chi connectivity index (χ3n) is 1.43. The van der Waals surface area contributed by atoms with Crippen LogP contribution in [0.5, 0.6) is 0 Å². The van der Waals surface area contributed by atoms with Gasteiger partial charge in [0.25, 0.3) is 0 Å². The summed E-state index contributed by atoms with van der Waals surface area (Å²) in [5.41, 5.74) is 0. The topological polar surface area (TPSA) is 85.9 Å². The standard InChI is InChI=1S/C4H5N5O2/c10-9(11)4-6-3-5-1-2-8(3)7-4/h1-2H2,(H,5,6,7). The van der Waals surface area contributed by atoms with Gasteiger partial charge in [-0.15, -0.1) is 4.68 Å². The number of nitro groups is 1. The Morgan fingerprint density at radius 1 is 1.73 bits per heavy atom. The van der Waals surface area contributed by atoms with Gasteiger partial charge < -0.3 is 15.4 Å². The Bertz CT molecular complexity index is 284. The highest BCUT2D eigenvalue weighted by atomic mass is 16.6. The molecule has 7 nitrogen and oxygen atoms in total. The van der Waals surface area contributed by atoms with E-state index in [0.717, 1.165) is 6.54 Å². The van der Waals surface area contributed by atoms with Gasteiger partial charge in [-0.25, -0.2) is 0 Å². The summed E-state index contributed by atoms with van der Waals surface area (Å²) >= 11 is 0. The lowest BCUT2D eigenvalue weighted by molar-refractivity contribution is -0.394. The number of fused-ring (bicyclic) bond motifs is 1. The van der Waals surface area contributed by atoms with E-state index in [4.69, 9.17) is 0 Å². The van der Waals surface area contributed by atoms with E-state index in [1.54, 1.807) is 0 Å². The van der Waals surface area contributed by atoms with Crippen molar-refractivity contribution >= 4 is 11.9 Å². The summed E-state index contributed by atoms with van der Waals surface area (Å²) < 4.78 is 1.48. The highest BCUT2D eigenvalue weighted by Crippen LogP contribution is 2.13. The minimum Gasteiger partial charge on any atom is -0.390 e. The quantitative estimate of drug-likeness (QED) is 0.441. The van der Waals surface area contributed by atoms with E-state index >= 15 is 0 Å². The molecular weight excluding hydrogens is 150 g/mol. The number of nitrogens with zero attached hydrogens (tertiary/aromatic N) is 4. The van der Waals surface area contributed by atoms with Crippen molar-refractivity contribution < 1.29 is 4.92 Å². The molecule has 0 spiro atoms. The lowest BCUT2D eigenvalue weighted by Crippen LogP contribution is -1.99. The fraction of sp³-hybridized carbons (Fsp3) is 0.500. The van der Waals surface area contributed by atoms with Crippen molar-refractivity contribution in [3.8, 4) is 0 Å². The monoisotopic (exact) mass is 155 g/mol. The first kappa shape index (κ1) is 6.08. The first-order chi connectivity index (χ1) is 5.27. The second-order valence-corrected chi connectivity index (χ2v) is 2.14. The van der Waals surface area contributed by atoms with E-state index in [0.29, 0.717) is 12.5 Å². The molecule has 0 bridgehead atoms. The number of anilines is 1. The molecule has 2 heterocycles. The van der Waals surface area contributed by atoms with Gasteiger partial charge in [0.15, 0.2) is 0 Å². The molecule has 1 aliphatic rings. The van der Waals surface area contributed by atoms with Crippen LogP contribution in [0, 0.1) is 10.1 Å². The minimum atomic E-state index is -0.604. The third kappa shape index (κ3) is 0.810. The fourth-order valence-electron chi connectivity index (χ4n) is 0.968. The van der Waals surface area contributed by atoms with E-state index < -0.39 is 4.92 Å². The lowest BCUT2D eigenvalue weighted by Gasteiger charge is -1.85. The Balaban J connectivity index is 2.42. The van der Waals surface area contributed by atoms with Crippen LogP contribution < -0.4 is 5.32 Å². The maximum atomic E-state index is 10.1. The van der Waals surface area contributed by atoms with Gasteiger partial charge in [-0.3, -0.25) is 0 Å². The van der Waals surface area contributed by atoms with Crippen LogP contribution in [0.4, 0.5) is 11.9 Å². The molecule has 0 unspecified atom stereocenters. The first-order valence-electron chi connectivity index (χ1n) is 3.10. The zero-order valence-electron chi connectivity index (χ0n) is 5.52. The van der Waals surface area contributed by atoms with Gasteiger partial charge in [0, 0.05) is 11.6 Å². The van der Waals surface area contributed by atoms with E-state index in [9.17, 15) is 10.1 Å². The normalized spacial score (nSPS) is 14.2. The van der Waals surface area contributed by atoms with Crippen LogP contribution in [0.15, 0.2) is 0 Å². The highest BCUT2D eigenvalue weighted by Gasteiger charge is 2.24. The van der Waals surface area contributed by atoms with Crippen LogP contribution in [0.2, 0.25) is 0 Å². The molecular formula is C4H5N5O2. The highest BCUT2D eigenvalue weighted by molar-refractivity contribution is 5.31. The molecule has 7 heteroatoms. The number of rotatable bonds is 1. The average molecular weight is 155 g/mol. The Kier molecular flexibility index (Phi) is 1.05. The molecule has 0 amide bonds. The summed E-state index contributed by atoms with van der Waals surface area (Å²) in [4.78, 5) is 13.2.